The number of benzene rings is 2. The Morgan fingerprint density at radius 1 is 1.29 bits per heavy atom. The molecule has 0 aromatic heterocycles. The van der Waals surface area contributed by atoms with E-state index < -0.39 is 5.91 Å². The number of carbonyl (C=O) groups is 1. The second-order valence-electron chi connectivity index (χ2n) is 6.46. The summed E-state index contributed by atoms with van der Waals surface area (Å²) in [6.07, 6.45) is 3.45. The molecule has 1 fully saturated rings. The van der Waals surface area contributed by atoms with Crippen molar-refractivity contribution in [1.29, 1.82) is 5.26 Å². The highest BCUT2D eigenvalue weighted by atomic mass is 19.1. The molecular formula is C22H21FN2O3. The van der Waals surface area contributed by atoms with Gasteiger partial charge < -0.3 is 14.8 Å². The van der Waals surface area contributed by atoms with Crippen LogP contribution >= 0.6 is 0 Å². The van der Waals surface area contributed by atoms with E-state index in [1.54, 1.807) is 42.5 Å². The fraction of sp³-hybridized carbons (Fsp3) is 0.273. The van der Waals surface area contributed by atoms with E-state index in [1.165, 1.54) is 12.1 Å². The average Bonchev–Trinajstić information content (AvgIpc) is 3.24. The molecule has 1 heterocycles. The molecule has 6 heteroatoms. The van der Waals surface area contributed by atoms with Crippen molar-refractivity contribution < 1.29 is 18.7 Å². The zero-order valence-electron chi connectivity index (χ0n) is 15.4. The third-order valence-corrected chi connectivity index (χ3v) is 4.42. The molecule has 0 spiro atoms. The summed E-state index contributed by atoms with van der Waals surface area (Å²) in [5, 5.41) is 12.0. The van der Waals surface area contributed by atoms with Crippen LogP contribution in [0.15, 0.2) is 54.1 Å². The summed E-state index contributed by atoms with van der Waals surface area (Å²) in [4.78, 5) is 12.2. The number of nitriles is 1. The van der Waals surface area contributed by atoms with Crippen LogP contribution in [-0.2, 0) is 16.1 Å². The van der Waals surface area contributed by atoms with E-state index in [9.17, 15) is 14.4 Å². The number of ether oxygens (including phenoxy) is 2. The first-order valence-electron chi connectivity index (χ1n) is 9.13. The first kappa shape index (κ1) is 19.6. The summed E-state index contributed by atoms with van der Waals surface area (Å²) in [6, 6.07) is 15.3. The molecular weight excluding hydrogens is 359 g/mol. The number of rotatable bonds is 7. The Morgan fingerprint density at radius 2 is 2.07 bits per heavy atom. The van der Waals surface area contributed by atoms with E-state index >= 15 is 0 Å². The van der Waals surface area contributed by atoms with Crippen molar-refractivity contribution in [2.75, 3.05) is 13.2 Å². The summed E-state index contributed by atoms with van der Waals surface area (Å²) in [6.45, 7) is 1.24. The molecule has 2 aromatic carbocycles. The van der Waals surface area contributed by atoms with Gasteiger partial charge in [0, 0.05) is 18.7 Å². The Labute approximate surface area is 163 Å². The van der Waals surface area contributed by atoms with E-state index in [2.05, 4.69) is 5.32 Å². The lowest BCUT2D eigenvalue weighted by Gasteiger charge is -2.10. The number of nitrogens with one attached hydrogen (secondary N) is 1. The molecule has 5 nitrogen and oxygen atoms in total. The van der Waals surface area contributed by atoms with Crippen molar-refractivity contribution in [3.8, 4) is 11.8 Å². The fourth-order valence-corrected chi connectivity index (χ4v) is 2.86. The second-order valence-corrected chi connectivity index (χ2v) is 6.46. The van der Waals surface area contributed by atoms with Crippen molar-refractivity contribution in [3.05, 3.63) is 71.0 Å². The van der Waals surface area contributed by atoms with Crippen molar-refractivity contribution in [2.24, 2.45) is 0 Å². The van der Waals surface area contributed by atoms with E-state index in [4.69, 9.17) is 9.47 Å². The Morgan fingerprint density at radius 3 is 2.75 bits per heavy atom. The zero-order valence-corrected chi connectivity index (χ0v) is 15.4. The zero-order chi connectivity index (χ0) is 19.8. The minimum atomic E-state index is -0.419. The summed E-state index contributed by atoms with van der Waals surface area (Å²) in [7, 11) is 0. The summed E-state index contributed by atoms with van der Waals surface area (Å²) in [5.41, 5.74) is 1.20. The third-order valence-electron chi connectivity index (χ3n) is 4.42. The van der Waals surface area contributed by atoms with Crippen LogP contribution in [0.4, 0.5) is 4.39 Å². The highest BCUT2D eigenvalue weighted by Crippen LogP contribution is 2.17. The monoisotopic (exact) mass is 380 g/mol. The van der Waals surface area contributed by atoms with Gasteiger partial charge in [0.25, 0.3) is 5.91 Å². The van der Waals surface area contributed by atoms with Gasteiger partial charge in [0.2, 0.25) is 0 Å². The van der Waals surface area contributed by atoms with Gasteiger partial charge in [-0.15, -0.1) is 0 Å². The van der Waals surface area contributed by atoms with Crippen LogP contribution in [0, 0.1) is 17.1 Å². The van der Waals surface area contributed by atoms with Gasteiger partial charge in [-0.2, -0.15) is 5.26 Å². The first-order chi connectivity index (χ1) is 13.7. The number of hydrogen-bond donors (Lipinski definition) is 1. The number of hydrogen-bond acceptors (Lipinski definition) is 4. The largest absolute Gasteiger partial charge is 0.489 e. The smallest absolute Gasteiger partial charge is 0.262 e. The molecule has 0 saturated carbocycles. The quantitative estimate of drug-likeness (QED) is 0.588. The van der Waals surface area contributed by atoms with Gasteiger partial charge in [-0.1, -0.05) is 30.3 Å². The molecule has 1 atom stereocenters. The maximum atomic E-state index is 13.6. The lowest BCUT2D eigenvalue weighted by atomic mass is 10.1. The fourth-order valence-electron chi connectivity index (χ4n) is 2.86. The van der Waals surface area contributed by atoms with Crippen LogP contribution in [0.25, 0.3) is 6.08 Å². The highest BCUT2D eigenvalue weighted by molar-refractivity contribution is 6.01. The van der Waals surface area contributed by atoms with E-state index in [0.717, 1.165) is 12.8 Å². The van der Waals surface area contributed by atoms with Crippen LogP contribution in [-0.4, -0.2) is 25.2 Å². The molecule has 1 aliphatic rings. The summed E-state index contributed by atoms with van der Waals surface area (Å²) < 4.78 is 24.7. The lowest BCUT2D eigenvalue weighted by molar-refractivity contribution is -0.117. The van der Waals surface area contributed by atoms with Gasteiger partial charge in [-0.3, -0.25) is 4.79 Å². The minimum absolute atomic E-state index is 0.0229. The Hall–Kier alpha value is -3.17. The highest BCUT2D eigenvalue weighted by Gasteiger charge is 2.17. The number of halogens is 1. The lowest BCUT2D eigenvalue weighted by Crippen LogP contribution is -2.32. The van der Waals surface area contributed by atoms with E-state index in [-0.39, 0.29) is 24.1 Å². The van der Waals surface area contributed by atoms with Crippen molar-refractivity contribution in [3.63, 3.8) is 0 Å². The third kappa shape index (κ3) is 5.41. The maximum Gasteiger partial charge on any atom is 0.262 e. The number of amides is 1. The summed E-state index contributed by atoms with van der Waals surface area (Å²) in [5.74, 6) is -0.158. The molecule has 0 radical (unpaired) electrons. The topological polar surface area (TPSA) is 71.3 Å². The van der Waals surface area contributed by atoms with Gasteiger partial charge in [0.1, 0.15) is 29.8 Å². The predicted octanol–water partition coefficient (Wildman–Crippen LogP) is 3.61. The van der Waals surface area contributed by atoms with Crippen LogP contribution in [0.5, 0.6) is 5.75 Å². The van der Waals surface area contributed by atoms with Gasteiger partial charge in [-0.25, -0.2) is 4.39 Å². The van der Waals surface area contributed by atoms with Crippen LogP contribution in [0.1, 0.15) is 24.0 Å². The molecule has 28 heavy (non-hydrogen) atoms. The Balaban J connectivity index is 1.57. The molecule has 0 bridgehead atoms. The average molecular weight is 380 g/mol. The standard InChI is InChI=1S/C22H21FN2O3/c23-21-6-2-1-4-17(21)15-28-19-9-7-16(8-10-19)12-18(13-24)22(26)25-14-20-5-3-11-27-20/h1-2,4,6-10,12,20H,3,5,11,14-15H2,(H,25,26)/b18-12+. The molecule has 3 rings (SSSR count). The maximum absolute atomic E-state index is 13.6. The number of carbonyl (C=O) groups excluding carboxylic acids is 1. The Kier molecular flexibility index (Phi) is 6.77. The minimum Gasteiger partial charge on any atom is -0.489 e. The normalized spacial score (nSPS) is 16.4. The van der Waals surface area contributed by atoms with Gasteiger partial charge in [0.05, 0.1) is 6.10 Å². The predicted molar refractivity (Wildman–Crippen MR) is 103 cm³/mol. The first-order valence-corrected chi connectivity index (χ1v) is 9.13. The molecule has 1 saturated heterocycles. The van der Waals surface area contributed by atoms with Crippen LogP contribution in [0.2, 0.25) is 0 Å². The molecule has 144 valence electrons. The van der Waals surface area contributed by atoms with Crippen LogP contribution in [0.3, 0.4) is 0 Å². The molecule has 1 amide bonds. The van der Waals surface area contributed by atoms with Gasteiger partial charge in [-0.05, 0) is 42.7 Å². The van der Waals surface area contributed by atoms with Crippen molar-refractivity contribution >= 4 is 12.0 Å². The second kappa shape index (κ2) is 9.67. The van der Waals surface area contributed by atoms with E-state index in [1.807, 2.05) is 6.07 Å². The molecule has 1 unspecified atom stereocenters. The molecule has 1 N–H and O–H groups in total. The van der Waals surface area contributed by atoms with Crippen molar-refractivity contribution in [1.82, 2.24) is 5.32 Å². The van der Waals surface area contributed by atoms with Crippen molar-refractivity contribution in [2.45, 2.75) is 25.6 Å². The SMILES string of the molecule is N#C/C(=C\c1ccc(OCc2ccccc2F)cc1)C(=O)NCC1CCCO1. The van der Waals surface area contributed by atoms with E-state index in [0.29, 0.717) is 30.0 Å². The summed E-state index contributed by atoms with van der Waals surface area (Å²) >= 11 is 0. The molecule has 1 aliphatic heterocycles. The van der Waals surface area contributed by atoms with Gasteiger partial charge in [0.15, 0.2) is 0 Å². The molecule has 0 aliphatic carbocycles. The van der Waals surface area contributed by atoms with Gasteiger partial charge >= 0.3 is 0 Å². The molecule has 2 aromatic rings. The Bertz CT molecular complexity index is 881. The number of nitrogens with zero attached hydrogens (tertiary/aromatic N) is 1. The van der Waals surface area contributed by atoms with Crippen LogP contribution < -0.4 is 10.1 Å².